The van der Waals surface area contributed by atoms with Gasteiger partial charge in [0.2, 0.25) is 0 Å². The fourth-order valence-electron chi connectivity index (χ4n) is 3.77. The lowest BCUT2D eigenvalue weighted by atomic mass is 10.1. The molecule has 3 rings (SSSR count). The summed E-state index contributed by atoms with van der Waals surface area (Å²) in [4.78, 5) is 15.1. The molecule has 8 heteroatoms. The zero-order valence-corrected chi connectivity index (χ0v) is 20.8. The van der Waals surface area contributed by atoms with Crippen LogP contribution in [0.25, 0.3) is 0 Å². The first kappa shape index (κ1) is 24.9. The lowest BCUT2D eigenvalue weighted by molar-refractivity contribution is 0.0681. The Labute approximate surface area is 200 Å². The van der Waals surface area contributed by atoms with Crippen molar-refractivity contribution in [1.29, 1.82) is 0 Å². The molecule has 0 N–H and O–H groups in total. The SMILES string of the molecule is CCCCOc1c(Cl)cc(C(=O)N(Cc2ccc(CC)cc2)[C@H]2CCS(=O)(=O)C2)cc1Cl. The van der Waals surface area contributed by atoms with E-state index in [2.05, 4.69) is 13.8 Å². The molecule has 1 amide bonds. The van der Waals surface area contributed by atoms with Crippen molar-refractivity contribution in [2.45, 2.75) is 52.1 Å². The number of benzene rings is 2. The molecule has 1 aliphatic rings. The Hall–Kier alpha value is -1.76. The molecule has 0 bridgehead atoms. The van der Waals surface area contributed by atoms with Gasteiger partial charge >= 0.3 is 0 Å². The van der Waals surface area contributed by atoms with Crippen molar-refractivity contribution in [3.63, 3.8) is 0 Å². The smallest absolute Gasteiger partial charge is 0.254 e. The summed E-state index contributed by atoms with van der Waals surface area (Å²) in [6.45, 7) is 4.94. The van der Waals surface area contributed by atoms with E-state index in [1.54, 1.807) is 17.0 Å². The third-order valence-electron chi connectivity index (χ3n) is 5.68. The highest BCUT2D eigenvalue weighted by molar-refractivity contribution is 7.91. The van der Waals surface area contributed by atoms with Crippen molar-refractivity contribution in [3.8, 4) is 5.75 Å². The number of hydrogen-bond donors (Lipinski definition) is 0. The average Bonchev–Trinajstić information content (AvgIpc) is 3.13. The molecule has 0 aliphatic carbocycles. The lowest BCUT2D eigenvalue weighted by Gasteiger charge is -2.29. The summed E-state index contributed by atoms with van der Waals surface area (Å²) in [6.07, 6.45) is 3.19. The van der Waals surface area contributed by atoms with Crippen molar-refractivity contribution in [1.82, 2.24) is 4.90 Å². The lowest BCUT2D eigenvalue weighted by Crippen LogP contribution is -2.40. The highest BCUT2D eigenvalue weighted by Crippen LogP contribution is 2.35. The Balaban J connectivity index is 1.89. The molecule has 1 heterocycles. The van der Waals surface area contributed by atoms with Crippen LogP contribution in [0.4, 0.5) is 0 Å². The Morgan fingerprint density at radius 3 is 2.25 bits per heavy atom. The third kappa shape index (κ3) is 6.18. The molecule has 0 unspecified atom stereocenters. The Morgan fingerprint density at radius 2 is 1.72 bits per heavy atom. The third-order valence-corrected chi connectivity index (χ3v) is 8.00. The predicted molar refractivity (Wildman–Crippen MR) is 130 cm³/mol. The molecule has 1 atom stereocenters. The van der Waals surface area contributed by atoms with Crippen molar-refractivity contribution in [3.05, 3.63) is 63.1 Å². The van der Waals surface area contributed by atoms with Gasteiger partial charge in [0.25, 0.3) is 5.91 Å². The number of amides is 1. The minimum absolute atomic E-state index is 0.0362. The number of nitrogens with zero attached hydrogens (tertiary/aromatic N) is 1. The van der Waals surface area contributed by atoms with Crippen LogP contribution < -0.4 is 4.74 Å². The molecule has 0 aromatic heterocycles. The number of halogens is 2. The van der Waals surface area contributed by atoms with E-state index >= 15 is 0 Å². The number of sulfone groups is 1. The van der Waals surface area contributed by atoms with Crippen LogP contribution in [-0.2, 0) is 22.8 Å². The molecule has 174 valence electrons. The zero-order chi connectivity index (χ0) is 23.3. The van der Waals surface area contributed by atoms with Gasteiger partial charge in [0.1, 0.15) is 0 Å². The minimum atomic E-state index is -3.16. The summed E-state index contributed by atoms with van der Waals surface area (Å²) in [5, 5.41) is 0.534. The van der Waals surface area contributed by atoms with Crippen LogP contribution >= 0.6 is 23.2 Å². The number of carbonyl (C=O) groups is 1. The monoisotopic (exact) mass is 497 g/mol. The van der Waals surface area contributed by atoms with E-state index in [-0.39, 0.29) is 27.5 Å². The van der Waals surface area contributed by atoms with Gasteiger partial charge in [-0.3, -0.25) is 4.79 Å². The van der Waals surface area contributed by atoms with E-state index in [1.807, 2.05) is 24.3 Å². The van der Waals surface area contributed by atoms with Crippen molar-refractivity contribution in [2.75, 3.05) is 18.1 Å². The Morgan fingerprint density at radius 1 is 1.09 bits per heavy atom. The van der Waals surface area contributed by atoms with E-state index < -0.39 is 15.9 Å². The van der Waals surface area contributed by atoms with E-state index in [0.29, 0.717) is 30.9 Å². The van der Waals surface area contributed by atoms with Crippen LogP contribution in [0.1, 0.15) is 54.6 Å². The first-order valence-electron chi connectivity index (χ1n) is 10.9. The number of ether oxygens (including phenoxy) is 1. The summed E-state index contributed by atoms with van der Waals surface area (Å²) >= 11 is 12.8. The van der Waals surface area contributed by atoms with Crippen LogP contribution in [-0.4, -0.2) is 43.4 Å². The molecule has 1 saturated heterocycles. The highest BCUT2D eigenvalue weighted by atomic mass is 35.5. The molecule has 1 aliphatic heterocycles. The molecule has 0 saturated carbocycles. The second-order valence-electron chi connectivity index (χ2n) is 8.13. The fourth-order valence-corrected chi connectivity index (χ4v) is 6.10. The second-order valence-corrected chi connectivity index (χ2v) is 11.2. The van der Waals surface area contributed by atoms with Gasteiger partial charge in [0, 0.05) is 18.2 Å². The summed E-state index contributed by atoms with van der Waals surface area (Å²) < 4.78 is 29.9. The maximum Gasteiger partial charge on any atom is 0.254 e. The summed E-state index contributed by atoms with van der Waals surface area (Å²) in [5.41, 5.74) is 2.46. The van der Waals surface area contributed by atoms with Crippen LogP contribution in [0.3, 0.4) is 0 Å². The van der Waals surface area contributed by atoms with Gasteiger partial charge in [-0.15, -0.1) is 0 Å². The van der Waals surface area contributed by atoms with Crippen LogP contribution in [0, 0.1) is 0 Å². The van der Waals surface area contributed by atoms with Gasteiger partial charge in [0.15, 0.2) is 15.6 Å². The van der Waals surface area contributed by atoms with Gasteiger partial charge in [-0.1, -0.05) is 67.7 Å². The number of aryl methyl sites for hydroxylation is 1. The first-order valence-corrected chi connectivity index (χ1v) is 13.5. The van der Waals surface area contributed by atoms with Gasteiger partial charge in [-0.25, -0.2) is 8.42 Å². The van der Waals surface area contributed by atoms with E-state index in [9.17, 15) is 13.2 Å². The number of carbonyl (C=O) groups excluding carboxylic acids is 1. The van der Waals surface area contributed by atoms with Crippen LogP contribution in [0.5, 0.6) is 5.75 Å². The first-order chi connectivity index (χ1) is 15.2. The molecule has 5 nitrogen and oxygen atoms in total. The van der Waals surface area contributed by atoms with Gasteiger partial charge in [-0.2, -0.15) is 0 Å². The second kappa shape index (κ2) is 10.9. The summed E-state index contributed by atoms with van der Waals surface area (Å²) in [5.74, 6) is 0.118. The van der Waals surface area contributed by atoms with Gasteiger partial charge in [0.05, 0.1) is 28.2 Å². The van der Waals surface area contributed by atoms with E-state index in [1.165, 1.54) is 5.56 Å². The average molecular weight is 498 g/mol. The summed E-state index contributed by atoms with van der Waals surface area (Å²) in [7, 11) is -3.16. The van der Waals surface area contributed by atoms with Gasteiger partial charge < -0.3 is 9.64 Å². The van der Waals surface area contributed by atoms with Crippen molar-refractivity contribution >= 4 is 38.9 Å². The van der Waals surface area contributed by atoms with E-state index in [4.69, 9.17) is 27.9 Å². The maximum atomic E-state index is 13.5. The maximum absolute atomic E-state index is 13.5. The molecule has 2 aromatic carbocycles. The van der Waals surface area contributed by atoms with Crippen LogP contribution in [0.2, 0.25) is 10.0 Å². The van der Waals surface area contributed by atoms with Crippen LogP contribution in [0.15, 0.2) is 36.4 Å². The molecule has 0 spiro atoms. The van der Waals surface area contributed by atoms with Crippen molar-refractivity contribution in [2.24, 2.45) is 0 Å². The predicted octanol–water partition coefficient (Wildman–Crippen LogP) is 5.56. The number of rotatable bonds is 9. The summed E-state index contributed by atoms with van der Waals surface area (Å²) in [6, 6.07) is 10.7. The molecule has 1 fully saturated rings. The molecule has 0 radical (unpaired) electrons. The normalized spacial score (nSPS) is 17.3. The number of unbranched alkanes of at least 4 members (excludes halogenated alkanes) is 1. The number of hydrogen-bond acceptors (Lipinski definition) is 4. The largest absolute Gasteiger partial charge is 0.490 e. The Bertz CT molecular complexity index is 1030. The topological polar surface area (TPSA) is 63.7 Å². The van der Waals surface area contributed by atoms with E-state index in [0.717, 1.165) is 24.8 Å². The van der Waals surface area contributed by atoms with Crippen molar-refractivity contribution < 1.29 is 17.9 Å². The highest BCUT2D eigenvalue weighted by Gasteiger charge is 2.35. The zero-order valence-electron chi connectivity index (χ0n) is 18.4. The molecule has 2 aromatic rings. The molecular weight excluding hydrogens is 469 g/mol. The standard InChI is InChI=1S/C24H29Cl2NO4S/c1-3-5-11-31-23-21(25)13-19(14-22(23)26)24(28)27(20-10-12-32(29,30)16-20)15-18-8-6-17(4-2)7-9-18/h6-9,13-14,20H,3-5,10-12,15-16H2,1-2H3/t20-/m0/s1. The molecular formula is C24H29Cl2NO4S. The van der Waals surface area contributed by atoms with Gasteiger partial charge in [-0.05, 0) is 42.5 Å². The fraction of sp³-hybridized carbons (Fsp3) is 0.458. The Kier molecular flexibility index (Phi) is 8.48. The quantitative estimate of drug-likeness (QED) is 0.425. The molecule has 32 heavy (non-hydrogen) atoms. The minimum Gasteiger partial charge on any atom is -0.490 e.